The first kappa shape index (κ1) is 17.5. The van der Waals surface area contributed by atoms with Crippen molar-refractivity contribution in [2.75, 3.05) is 26.2 Å². The minimum atomic E-state index is -0.624. The minimum Gasteiger partial charge on any atom is -0.467 e. The van der Waals surface area contributed by atoms with E-state index in [9.17, 15) is 9.59 Å². The van der Waals surface area contributed by atoms with Gasteiger partial charge < -0.3 is 24.7 Å². The molecule has 1 fully saturated rings. The molecule has 7 nitrogen and oxygen atoms in total. The second kappa shape index (κ2) is 7.74. The molecule has 3 rings (SSSR count). The summed E-state index contributed by atoms with van der Waals surface area (Å²) >= 11 is 0. The van der Waals surface area contributed by atoms with E-state index in [1.54, 1.807) is 19.1 Å². The van der Waals surface area contributed by atoms with Gasteiger partial charge >= 0.3 is 12.0 Å². The molecule has 0 unspecified atom stereocenters. The summed E-state index contributed by atoms with van der Waals surface area (Å²) in [7, 11) is 0. The van der Waals surface area contributed by atoms with Crippen LogP contribution >= 0.6 is 0 Å². The van der Waals surface area contributed by atoms with Crippen molar-refractivity contribution < 1.29 is 23.6 Å². The average Bonchev–Trinajstić information content (AvgIpc) is 3.11. The Balaban J connectivity index is 1.90. The van der Waals surface area contributed by atoms with Crippen LogP contribution in [0.25, 0.3) is 0 Å². The molecule has 0 bridgehead atoms. The SMILES string of the molecule is CCOC(=O)C1=C(C[NH+]2CCC(C)CC2)NC(=O)N[C@H]1c1ccco1. The fourth-order valence-corrected chi connectivity index (χ4v) is 3.47. The molecule has 1 saturated heterocycles. The summed E-state index contributed by atoms with van der Waals surface area (Å²) in [6.45, 7) is 6.99. The van der Waals surface area contributed by atoms with E-state index in [-0.39, 0.29) is 12.6 Å². The van der Waals surface area contributed by atoms with Crippen LogP contribution < -0.4 is 15.5 Å². The summed E-state index contributed by atoms with van der Waals surface area (Å²) in [5.74, 6) is 0.842. The van der Waals surface area contributed by atoms with Crippen LogP contribution in [0.4, 0.5) is 4.79 Å². The number of rotatable bonds is 5. The molecule has 0 aliphatic carbocycles. The number of carbonyl (C=O) groups is 2. The van der Waals surface area contributed by atoms with Crippen molar-refractivity contribution in [3.8, 4) is 0 Å². The predicted molar refractivity (Wildman–Crippen MR) is 90.7 cm³/mol. The lowest BCUT2D eigenvalue weighted by atomic mass is 9.97. The molecule has 0 saturated carbocycles. The van der Waals surface area contributed by atoms with Crippen LogP contribution in [0, 0.1) is 5.92 Å². The Labute approximate surface area is 147 Å². The van der Waals surface area contributed by atoms with Crippen molar-refractivity contribution in [3.05, 3.63) is 35.4 Å². The van der Waals surface area contributed by atoms with Gasteiger partial charge in [0, 0.05) is 0 Å². The average molecular weight is 348 g/mol. The summed E-state index contributed by atoms with van der Waals surface area (Å²) in [4.78, 5) is 26.1. The Hall–Kier alpha value is -2.28. The maximum absolute atomic E-state index is 12.6. The number of furan rings is 1. The zero-order valence-electron chi connectivity index (χ0n) is 14.8. The number of amides is 2. The first-order valence-corrected chi connectivity index (χ1v) is 8.93. The van der Waals surface area contributed by atoms with Gasteiger partial charge in [-0.15, -0.1) is 0 Å². The quantitative estimate of drug-likeness (QED) is 0.686. The van der Waals surface area contributed by atoms with Gasteiger partial charge in [-0.3, -0.25) is 0 Å². The highest BCUT2D eigenvalue weighted by atomic mass is 16.5. The maximum atomic E-state index is 12.6. The number of esters is 1. The van der Waals surface area contributed by atoms with Crippen molar-refractivity contribution in [3.63, 3.8) is 0 Å². The molecule has 25 heavy (non-hydrogen) atoms. The molecule has 3 N–H and O–H groups in total. The van der Waals surface area contributed by atoms with Gasteiger partial charge in [0.15, 0.2) is 0 Å². The smallest absolute Gasteiger partial charge is 0.338 e. The summed E-state index contributed by atoms with van der Waals surface area (Å²) < 4.78 is 10.7. The number of hydrogen-bond acceptors (Lipinski definition) is 4. The lowest BCUT2D eigenvalue weighted by Gasteiger charge is -2.32. The first-order chi connectivity index (χ1) is 12.1. The molecule has 1 aromatic rings. The number of urea groups is 1. The van der Waals surface area contributed by atoms with Crippen LogP contribution in [0.3, 0.4) is 0 Å². The van der Waals surface area contributed by atoms with E-state index < -0.39 is 12.0 Å². The standard InChI is InChI=1S/C18H25N3O4/c1-3-24-17(22)15-13(11-21-8-6-12(2)7-9-21)19-18(23)20-16(15)14-5-4-10-25-14/h4-5,10,12,16H,3,6-9,11H2,1-2H3,(H2,19,20,23)/p+1/t16-/m0/s1. The van der Waals surface area contributed by atoms with Gasteiger partial charge in [-0.1, -0.05) is 6.92 Å². The predicted octanol–water partition coefficient (Wildman–Crippen LogP) is 0.766. The molecule has 2 amide bonds. The highest BCUT2D eigenvalue weighted by Crippen LogP contribution is 2.27. The van der Waals surface area contributed by atoms with E-state index in [0.717, 1.165) is 31.8 Å². The van der Waals surface area contributed by atoms with Gasteiger partial charge in [0.2, 0.25) is 0 Å². The van der Waals surface area contributed by atoms with Gasteiger partial charge in [-0.25, -0.2) is 9.59 Å². The number of quaternary nitrogens is 1. The van der Waals surface area contributed by atoms with Crippen LogP contribution in [0.2, 0.25) is 0 Å². The van der Waals surface area contributed by atoms with Gasteiger partial charge in [0.1, 0.15) is 18.3 Å². The largest absolute Gasteiger partial charge is 0.467 e. The van der Waals surface area contributed by atoms with Gasteiger partial charge in [-0.05, 0) is 37.8 Å². The van der Waals surface area contributed by atoms with Crippen LogP contribution in [0.1, 0.15) is 38.5 Å². The van der Waals surface area contributed by atoms with E-state index in [1.165, 1.54) is 11.2 Å². The fraction of sp³-hybridized carbons (Fsp3) is 0.556. The van der Waals surface area contributed by atoms with E-state index in [1.807, 2.05) is 0 Å². The number of hydrogen-bond donors (Lipinski definition) is 3. The number of carbonyl (C=O) groups excluding carboxylic acids is 2. The lowest BCUT2D eigenvalue weighted by Crippen LogP contribution is -3.13. The molecule has 2 aliphatic rings. The van der Waals surface area contributed by atoms with Crippen LogP contribution in [-0.2, 0) is 9.53 Å². The number of nitrogens with one attached hydrogen (secondary N) is 3. The Morgan fingerprint density at radius 3 is 2.80 bits per heavy atom. The number of likely N-dealkylation sites (tertiary alicyclic amines) is 1. The Kier molecular flexibility index (Phi) is 5.43. The molecule has 0 aromatic carbocycles. The second-order valence-electron chi connectivity index (χ2n) is 6.77. The molecular formula is C18H26N3O4+. The highest BCUT2D eigenvalue weighted by molar-refractivity contribution is 5.95. The summed E-state index contributed by atoms with van der Waals surface area (Å²) in [5.41, 5.74) is 1.07. The molecule has 1 atom stereocenters. The molecule has 0 spiro atoms. The summed E-state index contributed by atoms with van der Waals surface area (Å²) in [5, 5.41) is 5.59. The lowest BCUT2D eigenvalue weighted by molar-refractivity contribution is -0.901. The third-order valence-corrected chi connectivity index (χ3v) is 4.88. The van der Waals surface area contributed by atoms with Crippen molar-refractivity contribution in [1.82, 2.24) is 10.6 Å². The zero-order chi connectivity index (χ0) is 17.8. The van der Waals surface area contributed by atoms with Crippen molar-refractivity contribution in [1.29, 1.82) is 0 Å². The highest BCUT2D eigenvalue weighted by Gasteiger charge is 2.37. The van der Waals surface area contributed by atoms with Gasteiger partial charge in [0.05, 0.1) is 37.2 Å². The van der Waals surface area contributed by atoms with E-state index >= 15 is 0 Å². The second-order valence-corrected chi connectivity index (χ2v) is 6.77. The fourth-order valence-electron chi connectivity index (χ4n) is 3.47. The van der Waals surface area contributed by atoms with Crippen molar-refractivity contribution in [2.45, 2.75) is 32.7 Å². The van der Waals surface area contributed by atoms with Crippen LogP contribution in [0.15, 0.2) is 34.1 Å². The Morgan fingerprint density at radius 2 is 2.16 bits per heavy atom. The van der Waals surface area contributed by atoms with E-state index in [0.29, 0.717) is 23.6 Å². The summed E-state index contributed by atoms with van der Waals surface area (Å²) in [6, 6.07) is 2.54. The minimum absolute atomic E-state index is 0.280. The molecule has 7 heteroatoms. The zero-order valence-corrected chi connectivity index (χ0v) is 14.8. The van der Waals surface area contributed by atoms with Crippen LogP contribution in [-0.4, -0.2) is 38.2 Å². The third-order valence-electron chi connectivity index (χ3n) is 4.88. The molecular weight excluding hydrogens is 322 g/mol. The maximum Gasteiger partial charge on any atom is 0.338 e. The van der Waals surface area contributed by atoms with Crippen LogP contribution in [0.5, 0.6) is 0 Å². The van der Waals surface area contributed by atoms with Gasteiger partial charge in [-0.2, -0.15) is 0 Å². The number of ether oxygens (including phenoxy) is 1. The Morgan fingerprint density at radius 1 is 1.40 bits per heavy atom. The van der Waals surface area contributed by atoms with Crippen molar-refractivity contribution in [2.24, 2.45) is 5.92 Å². The summed E-state index contributed by atoms with van der Waals surface area (Å²) in [6.07, 6.45) is 3.85. The normalized spacial score (nSPS) is 26.8. The number of piperidine rings is 1. The molecule has 136 valence electrons. The molecule has 2 aliphatic heterocycles. The third kappa shape index (κ3) is 4.04. The molecule has 3 heterocycles. The Bertz CT molecular complexity index is 645. The van der Waals surface area contributed by atoms with Crippen molar-refractivity contribution >= 4 is 12.0 Å². The molecule has 1 aromatic heterocycles. The van der Waals surface area contributed by atoms with Gasteiger partial charge in [0.25, 0.3) is 0 Å². The first-order valence-electron chi connectivity index (χ1n) is 8.93. The van der Waals surface area contributed by atoms with E-state index in [4.69, 9.17) is 9.15 Å². The van der Waals surface area contributed by atoms with E-state index in [2.05, 4.69) is 17.6 Å². The monoisotopic (exact) mass is 348 g/mol. The molecule has 0 radical (unpaired) electrons. The topological polar surface area (TPSA) is 85.0 Å².